The van der Waals surface area contributed by atoms with Gasteiger partial charge in [-0.05, 0) is 38.1 Å². The quantitative estimate of drug-likeness (QED) is 0.752. The molecule has 84 valence electrons. The van der Waals surface area contributed by atoms with Gasteiger partial charge in [0.15, 0.2) is 0 Å². The van der Waals surface area contributed by atoms with Crippen LogP contribution in [0.4, 0.5) is 0 Å². The summed E-state index contributed by atoms with van der Waals surface area (Å²) in [5, 5.41) is 0. The highest BCUT2D eigenvalue weighted by Crippen LogP contribution is 2.22. The highest BCUT2D eigenvalue weighted by atomic mass is 15.2. The number of nitrogens with two attached hydrogens (primary N) is 1. The molecule has 3 atom stereocenters. The van der Waals surface area contributed by atoms with Gasteiger partial charge in [-0.1, -0.05) is 20.8 Å². The van der Waals surface area contributed by atoms with Crippen molar-refractivity contribution in [2.45, 2.75) is 52.6 Å². The third kappa shape index (κ3) is 3.25. The van der Waals surface area contributed by atoms with Crippen LogP contribution in [0.1, 0.15) is 40.5 Å². The van der Waals surface area contributed by atoms with Gasteiger partial charge in [-0.3, -0.25) is 4.90 Å². The average Bonchev–Trinajstić information content (AvgIpc) is 2.09. The summed E-state index contributed by atoms with van der Waals surface area (Å²) in [5.74, 6) is 1.50. The van der Waals surface area contributed by atoms with Gasteiger partial charge >= 0.3 is 0 Å². The Bertz CT molecular complexity index is 168. The maximum absolute atomic E-state index is 6.10. The monoisotopic (exact) mass is 198 g/mol. The molecule has 2 nitrogen and oxygen atoms in total. The van der Waals surface area contributed by atoms with E-state index in [1.165, 1.54) is 19.4 Å². The van der Waals surface area contributed by atoms with Crippen LogP contribution in [0, 0.1) is 11.8 Å². The largest absolute Gasteiger partial charge is 0.326 e. The van der Waals surface area contributed by atoms with Gasteiger partial charge in [-0.25, -0.2) is 0 Å². The minimum Gasteiger partial charge on any atom is -0.326 e. The van der Waals surface area contributed by atoms with Crippen LogP contribution in [0.15, 0.2) is 0 Å². The van der Waals surface area contributed by atoms with E-state index in [4.69, 9.17) is 5.73 Å². The second-order valence-corrected chi connectivity index (χ2v) is 5.38. The van der Waals surface area contributed by atoms with Gasteiger partial charge in [-0.15, -0.1) is 0 Å². The first-order chi connectivity index (χ1) is 6.50. The van der Waals surface area contributed by atoms with Crippen molar-refractivity contribution < 1.29 is 0 Å². The van der Waals surface area contributed by atoms with E-state index in [0.29, 0.717) is 12.0 Å². The van der Waals surface area contributed by atoms with Crippen LogP contribution in [0.2, 0.25) is 0 Å². The molecule has 0 aliphatic carbocycles. The fourth-order valence-corrected chi connectivity index (χ4v) is 2.21. The Morgan fingerprint density at radius 3 is 2.50 bits per heavy atom. The summed E-state index contributed by atoms with van der Waals surface area (Å²) >= 11 is 0. The van der Waals surface area contributed by atoms with E-state index in [9.17, 15) is 0 Å². The smallest absolute Gasteiger partial charge is 0.0191 e. The molecule has 0 aromatic heterocycles. The topological polar surface area (TPSA) is 29.3 Å². The third-order valence-corrected chi connectivity index (χ3v) is 3.58. The Hall–Kier alpha value is -0.0800. The van der Waals surface area contributed by atoms with Gasteiger partial charge in [0.25, 0.3) is 0 Å². The van der Waals surface area contributed by atoms with E-state index in [1.54, 1.807) is 0 Å². The number of nitrogens with zero attached hydrogens (tertiary/aromatic N) is 1. The summed E-state index contributed by atoms with van der Waals surface area (Å²) in [7, 11) is 0. The van der Waals surface area contributed by atoms with Gasteiger partial charge in [0.2, 0.25) is 0 Å². The van der Waals surface area contributed by atoms with E-state index in [-0.39, 0.29) is 0 Å². The molecule has 1 saturated heterocycles. The molecule has 1 heterocycles. The van der Waals surface area contributed by atoms with Crippen molar-refractivity contribution in [2.24, 2.45) is 17.6 Å². The minimum atomic E-state index is 0.339. The number of rotatable bonds is 3. The molecule has 14 heavy (non-hydrogen) atoms. The zero-order chi connectivity index (χ0) is 10.7. The van der Waals surface area contributed by atoms with Gasteiger partial charge in [0, 0.05) is 18.6 Å². The third-order valence-electron chi connectivity index (χ3n) is 3.58. The summed E-state index contributed by atoms with van der Waals surface area (Å²) < 4.78 is 0. The Morgan fingerprint density at radius 1 is 1.36 bits per heavy atom. The Kier molecular flexibility index (Phi) is 4.39. The standard InChI is InChI=1S/C12H26N2/c1-9(2)12(13)8-14-6-5-10(3)7-11(14)4/h9-12H,5-8,13H2,1-4H3/t10?,11?,12-/m0/s1. The normalized spacial score (nSPS) is 32.1. The molecule has 2 unspecified atom stereocenters. The van der Waals surface area contributed by atoms with Gasteiger partial charge in [0.1, 0.15) is 0 Å². The van der Waals surface area contributed by atoms with Gasteiger partial charge in [-0.2, -0.15) is 0 Å². The second kappa shape index (κ2) is 5.13. The SMILES string of the molecule is CC1CCN(C[C@H](N)C(C)C)C(C)C1. The van der Waals surface area contributed by atoms with E-state index in [1.807, 2.05) is 0 Å². The fourth-order valence-electron chi connectivity index (χ4n) is 2.21. The molecule has 0 aromatic rings. The van der Waals surface area contributed by atoms with E-state index >= 15 is 0 Å². The van der Waals surface area contributed by atoms with Crippen molar-refractivity contribution in [3.63, 3.8) is 0 Å². The molecule has 0 saturated carbocycles. The van der Waals surface area contributed by atoms with Crippen LogP contribution < -0.4 is 5.73 Å². The number of piperidine rings is 1. The Morgan fingerprint density at radius 2 is 2.00 bits per heavy atom. The molecule has 1 aliphatic heterocycles. The number of likely N-dealkylation sites (tertiary alicyclic amines) is 1. The zero-order valence-electron chi connectivity index (χ0n) is 10.2. The predicted molar refractivity (Wildman–Crippen MR) is 62.2 cm³/mol. The number of hydrogen-bond donors (Lipinski definition) is 1. The maximum Gasteiger partial charge on any atom is 0.0191 e. The first-order valence-corrected chi connectivity index (χ1v) is 6.00. The Labute approximate surface area is 88.8 Å². The van der Waals surface area contributed by atoms with Crippen LogP contribution in [0.25, 0.3) is 0 Å². The van der Waals surface area contributed by atoms with Crippen LogP contribution in [-0.2, 0) is 0 Å². The van der Waals surface area contributed by atoms with Crippen LogP contribution in [0.5, 0.6) is 0 Å². The molecule has 0 amide bonds. The van der Waals surface area contributed by atoms with Crippen LogP contribution >= 0.6 is 0 Å². The first kappa shape index (κ1) is 12.0. The summed E-state index contributed by atoms with van der Waals surface area (Å²) in [6, 6.07) is 1.06. The summed E-state index contributed by atoms with van der Waals surface area (Å²) in [5.41, 5.74) is 6.10. The van der Waals surface area contributed by atoms with Crippen LogP contribution in [-0.4, -0.2) is 30.1 Å². The Balaban J connectivity index is 2.37. The lowest BCUT2D eigenvalue weighted by atomic mass is 9.92. The van der Waals surface area contributed by atoms with Crippen molar-refractivity contribution in [2.75, 3.05) is 13.1 Å². The van der Waals surface area contributed by atoms with Crippen LogP contribution in [0.3, 0.4) is 0 Å². The minimum absolute atomic E-state index is 0.339. The van der Waals surface area contributed by atoms with Crippen molar-refractivity contribution >= 4 is 0 Å². The lowest BCUT2D eigenvalue weighted by Gasteiger charge is -2.38. The molecule has 2 N–H and O–H groups in total. The summed E-state index contributed by atoms with van der Waals surface area (Å²) in [6.45, 7) is 11.4. The molecule has 1 rings (SSSR count). The maximum atomic E-state index is 6.10. The van der Waals surface area contributed by atoms with Gasteiger partial charge < -0.3 is 5.73 Å². The summed E-state index contributed by atoms with van der Waals surface area (Å²) in [6.07, 6.45) is 2.68. The molecule has 2 heteroatoms. The molecule has 0 bridgehead atoms. The van der Waals surface area contributed by atoms with E-state index < -0.39 is 0 Å². The predicted octanol–water partition coefficient (Wildman–Crippen LogP) is 2.09. The number of hydrogen-bond acceptors (Lipinski definition) is 2. The molecule has 0 spiro atoms. The van der Waals surface area contributed by atoms with Crippen molar-refractivity contribution in [3.05, 3.63) is 0 Å². The molecular weight excluding hydrogens is 172 g/mol. The van der Waals surface area contributed by atoms with Crippen molar-refractivity contribution in [1.29, 1.82) is 0 Å². The highest BCUT2D eigenvalue weighted by molar-refractivity contribution is 4.80. The molecule has 1 aliphatic rings. The fraction of sp³-hybridized carbons (Fsp3) is 1.00. The second-order valence-electron chi connectivity index (χ2n) is 5.38. The molecule has 0 radical (unpaired) electrons. The summed E-state index contributed by atoms with van der Waals surface area (Å²) in [4.78, 5) is 2.56. The van der Waals surface area contributed by atoms with Crippen molar-refractivity contribution in [3.8, 4) is 0 Å². The van der Waals surface area contributed by atoms with Gasteiger partial charge in [0.05, 0.1) is 0 Å². The zero-order valence-corrected chi connectivity index (χ0v) is 10.2. The molecule has 0 aromatic carbocycles. The average molecular weight is 198 g/mol. The molecular formula is C12H26N2. The molecule has 1 fully saturated rings. The first-order valence-electron chi connectivity index (χ1n) is 6.00. The lowest BCUT2D eigenvalue weighted by Crippen LogP contribution is -2.47. The van der Waals surface area contributed by atoms with E-state index in [0.717, 1.165) is 18.5 Å². The lowest BCUT2D eigenvalue weighted by molar-refractivity contribution is 0.115. The highest BCUT2D eigenvalue weighted by Gasteiger charge is 2.24. The van der Waals surface area contributed by atoms with E-state index in [2.05, 4.69) is 32.6 Å². The van der Waals surface area contributed by atoms with Crippen molar-refractivity contribution in [1.82, 2.24) is 4.90 Å².